The molecule has 2 fully saturated rings. The highest BCUT2D eigenvalue weighted by Gasteiger charge is 2.34. The van der Waals surface area contributed by atoms with Crippen molar-refractivity contribution in [2.45, 2.75) is 50.6 Å². The number of piperidine rings is 1. The van der Waals surface area contributed by atoms with Crippen LogP contribution in [0.3, 0.4) is 0 Å². The van der Waals surface area contributed by atoms with Crippen molar-refractivity contribution < 1.29 is 23.1 Å². The minimum atomic E-state index is -4.52. The Morgan fingerprint density at radius 2 is 2.03 bits per heavy atom. The van der Waals surface area contributed by atoms with Crippen molar-refractivity contribution in [3.63, 3.8) is 0 Å². The first kappa shape index (κ1) is 25.2. The fourth-order valence-electron chi connectivity index (χ4n) is 5.10. The number of hydrogen-bond donors (Lipinski definition) is 5. The van der Waals surface area contributed by atoms with Gasteiger partial charge in [-0.05, 0) is 38.2 Å². The van der Waals surface area contributed by atoms with E-state index in [0.717, 1.165) is 25.1 Å². The SMILES string of the molecule is C[C@@H](Nc1ncc(N)c(-c2c[nH]c3ncc(C(F)(F)F)cc23)n1)C1CCN(C(=O)[C@H]2C[C@H](O)CN2)CC1. The standard InChI is InChI=1S/C24H29F3N8O2/c1-12(13-2-4-35(5-3-13)22(37)19-7-15(36)9-29-19)33-23-32-11-18(28)20(34-23)17-10-31-21-16(17)6-14(8-30-21)24(25,26)27/h6,8,10-13,15,19,29,36H,2-5,7,9,28H2,1H3,(H,30,31)(H,32,33,34)/t12-,15+,19-/m1/s1. The molecule has 0 spiro atoms. The number of hydrogen-bond acceptors (Lipinski definition) is 8. The van der Waals surface area contributed by atoms with Gasteiger partial charge in [-0.15, -0.1) is 0 Å². The summed E-state index contributed by atoms with van der Waals surface area (Å²) in [6.07, 6.45) is 0.787. The van der Waals surface area contributed by atoms with Gasteiger partial charge in [-0.2, -0.15) is 13.2 Å². The molecule has 2 aliphatic heterocycles. The van der Waals surface area contributed by atoms with E-state index in [-0.39, 0.29) is 35.0 Å². The lowest BCUT2D eigenvalue weighted by molar-refractivity contribution is -0.137. The number of carbonyl (C=O) groups excluding carboxylic acids is 1. The number of aromatic amines is 1. The first-order valence-corrected chi connectivity index (χ1v) is 12.2. The number of aliphatic hydroxyl groups is 1. The van der Waals surface area contributed by atoms with Gasteiger partial charge in [0, 0.05) is 49.0 Å². The number of aromatic nitrogens is 4. The van der Waals surface area contributed by atoms with Crippen molar-refractivity contribution >= 4 is 28.6 Å². The van der Waals surface area contributed by atoms with Crippen LogP contribution in [0.25, 0.3) is 22.3 Å². The lowest BCUT2D eigenvalue weighted by Gasteiger charge is -2.36. The lowest BCUT2D eigenvalue weighted by atomic mass is 9.90. The van der Waals surface area contributed by atoms with Crippen LogP contribution in [0.5, 0.6) is 0 Å². The maximum absolute atomic E-state index is 13.2. The van der Waals surface area contributed by atoms with E-state index in [9.17, 15) is 23.1 Å². The van der Waals surface area contributed by atoms with Gasteiger partial charge in [-0.25, -0.2) is 15.0 Å². The molecule has 0 saturated carbocycles. The number of fused-ring (bicyclic) bond motifs is 1. The molecule has 5 rings (SSSR count). The van der Waals surface area contributed by atoms with E-state index in [0.29, 0.717) is 48.9 Å². The zero-order valence-electron chi connectivity index (χ0n) is 20.2. The Bertz CT molecular complexity index is 1290. The van der Waals surface area contributed by atoms with E-state index >= 15 is 0 Å². The molecule has 2 saturated heterocycles. The molecule has 0 unspecified atom stereocenters. The monoisotopic (exact) mass is 518 g/mol. The number of carbonyl (C=O) groups is 1. The summed E-state index contributed by atoms with van der Waals surface area (Å²) in [4.78, 5) is 30.1. The molecule has 3 aromatic rings. The second-order valence-corrected chi connectivity index (χ2v) is 9.76. The molecule has 37 heavy (non-hydrogen) atoms. The third-order valence-electron chi connectivity index (χ3n) is 7.25. The maximum Gasteiger partial charge on any atom is 0.417 e. The fraction of sp³-hybridized carbons (Fsp3) is 0.500. The highest BCUT2D eigenvalue weighted by Crippen LogP contribution is 2.35. The molecular formula is C24H29F3N8O2. The highest BCUT2D eigenvalue weighted by atomic mass is 19.4. The number of likely N-dealkylation sites (tertiary alicyclic amines) is 1. The zero-order valence-corrected chi connectivity index (χ0v) is 20.2. The lowest BCUT2D eigenvalue weighted by Crippen LogP contribution is -2.48. The van der Waals surface area contributed by atoms with Gasteiger partial charge < -0.3 is 31.4 Å². The molecule has 1 amide bonds. The predicted molar refractivity (Wildman–Crippen MR) is 131 cm³/mol. The summed E-state index contributed by atoms with van der Waals surface area (Å²) in [5.74, 6) is 0.611. The van der Waals surface area contributed by atoms with Gasteiger partial charge in [0.15, 0.2) is 0 Å². The minimum Gasteiger partial charge on any atom is -0.396 e. The Morgan fingerprint density at radius 1 is 1.27 bits per heavy atom. The number of alkyl halides is 3. The third-order valence-corrected chi connectivity index (χ3v) is 7.25. The Balaban J connectivity index is 1.27. The van der Waals surface area contributed by atoms with Crippen LogP contribution in [0.2, 0.25) is 0 Å². The number of pyridine rings is 1. The van der Waals surface area contributed by atoms with E-state index in [1.165, 1.54) is 12.4 Å². The largest absolute Gasteiger partial charge is 0.417 e. The van der Waals surface area contributed by atoms with Gasteiger partial charge in [-0.3, -0.25) is 4.79 Å². The molecule has 5 heterocycles. The van der Waals surface area contributed by atoms with Crippen LogP contribution in [0.4, 0.5) is 24.8 Å². The van der Waals surface area contributed by atoms with Crippen LogP contribution < -0.4 is 16.4 Å². The first-order chi connectivity index (χ1) is 17.6. The molecule has 0 aliphatic carbocycles. The van der Waals surface area contributed by atoms with E-state index in [1.807, 2.05) is 11.8 Å². The van der Waals surface area contributed by atoms with Crippen molar-refractivity contribution in [2.24, 2.45) is 5.92 Å². The molecule has 198 valence electrons. The van der Waals surface area contributed by atoms with Crippen molar-refractivity contribution in [3.8, 4) is 11.3 Å². The highest BCUT2D eigenvalue weighted by molar-refractivity contribution is 5.95. The summed E-state index contributed by atoms with van der Waals surface area (Å²) >= 11 is 0. The van der Waals surface area contributed by atoms with E-state index in [4.69, 9.17) is 5.73 Å². The summed E-state index contributed by atoms with van der Waals surface area (Å²) in [6.45, 7) is 3.71. The average molecular weight is 519 g/mol. The van der Waals surface area contributed by atoms with Gasteiger partial charge in [0.05, 0.1) is 29.6 Å². The van der Waals surface area contributed by atoms with Crippen molar-refractivity contribution in [1.82, 2.24) is 30.2 Å². The van der Waals surface area contributed by atoms with Crippen molar-refractivity contribution in [2.75, 3.05) is 30.7 Å². The van der Waals surface area contributed by atoms with Gasteiger partial charge in [-0.1, -0.05) is 0 Å². The average Bonchev–Trinajstić information content (AvgIpc) is 3.50. The predicted octanol–water partition coefficient (Wildman–Crippen LogP) is 2.38. The van der Waals surface area contributed by atoms with Crippen molar-refractivity contribution in [3.05, 3.63) is 30.2 Å². The van der Waals surface area contributed by atoms with Crippen molar-refractivity contribution in [1.29, 1.82) is 0 Å². The molecule has 0 bridgehead atoms. The van der Waals surface area contributed by atoms with Crippen LogP contribution in [0.15, 0.2) is 24.7 Å². The molecule has 13 heteroatoms. The summed E-state index contributed by atoms with van der Waals surface area (Å²) in [5.41, 5.74) is 6.49. The van der Waals surface area contributed by atoms with Gasteiger partial charge in [0.25, 0.3) is 0 Å². The number of aliphatic hydroxyl groups excluding tert-OH is 1. The summed E-state index contributed by atoms with van der Waals surface area (Å²) < 4.78 is 39.7. The maximum atomic E-state index is 13.2. The quantitative estimate of drug-likeness (QED) is 0.346. The Kier molecular flexibility index (Phi) is 6.67. The summed E-state index contributed by atoms with van der Waals surface area (Å²) in [7, 11) is 0. The second-order valence-electron chi connectivity index (χ2n) is 9.76. The fourth-order valence-corrected chi connectivity index (χ4v) is 5.10. The molecule has 10 nitrogen and oxygen atoms in total. The number of nitrogens with one attached hydrogen (secondary N) is 3. The van der Waals surface area contributed by atoms with Crippen LogP contribution in [0, 0.1) is 5.92 Å². The number of H-pyrrole nitrogens is 1. The number of rotatable bonds is 5. The van der Waals surface area contributed by atoms with Crippen LogP contribution in [-0.2, 0) is 11.0 Å². The number of nitrogens with two attached hydrogens (primary N) is 1. The Hall–Kier alpha value is -3.45. The normalized spacial score (nSPS) is 21.9. The summed E-state index contributed by atoms with van der Waals surface area (Å²) in [6, 6.07) is 0.694. The second kappa shape index (κ2) is 9.78. The molecule has 0 aromatic carbocycles. The molecular weight excluding hydrogens is 489 g/mol. The Labute approximate surface area is 210 Å². The zero-order chi connectivity index (χ0) is 26.3. The number of amides is 1. The number of β-amino-alcohol motifs (C(OH)–C–C–N with tert-alkyl or cyclic N) is 1. The van der Waals surface area contributed by atoms with Crippen LogP contribution >= 0.6 is 0 Å². The van der Waals surface area contributed by atoms with Gasteiger partial charge in [0.1, 0.15) is 11.3 Å². The number of anilines is 2. The smallest absolute Gasteiger partial charge is 0.396 e. The van der Waals surface area contributed by atoms with Gasteiger partial charge >= 0.3 is 6.18 Å². The first-order valence-electron chi connectivity index (χ1n) is 12.2. The van der Waals surface area contributed by atoms with E-state index in [1.54, 1.807) is 0 Å². The number of nitrogens with zero attached hydrogens (tertiary/aromatic N) is 4. The topological polar surface area (TPSA) is 145 Å². The number of nitrogen functional groups attached to an aromatic ring is 1. The molecule has 6 N–H and O–H groups in total. The molecule has 0 radical (unpaired) electrons. The van der Waals surface area contributed by atoms with E-state index in [2.05, 4.69) is 30.6 Å². The molecule has 3 atom stereocenters. The third kappa shape index (κ3) is 5.18. The molecule has 2 aliphatic rings. The van der Waals surface area contributed by atoms with Gasteiger partial charge in [0.2, 0.25) is 11.9 Å². The van der Waals surface area contributed by atoms with Crippen LogP contribution in [0.1, 0.15) is 31.7 Å². The van der Waals surface area contributed by atoms with E-state index < -0.39 is 17.8 Å². The summed E-state index contributed by atoms with van der Waals surface area (Å²) in [5, 5.41) is 16.3. The van der Waals surface area contributed by atoms with Crippen LogP contribution in [-0.4, -0.2) is 73.7 Å². The molecule has 3 aromatic heterocycles. The Morgan fingerprint density at radius 3 is 2.70 bits per heavy atom. The number of halogens is 3. The minimum absolute atomic E-state index is 0.0124.